The molecule has 2 atom stereocenters. The lowest BCUT2D eigenvalue weighted by Crippen LogP contribution is -2.47. The number of carbonyl (C=O) groups is 1. The van der Waals surface area contributed by atoms with Crippen LogP contribution in [0.25, 0.3) is 21.1 Å². The number of benzene rings is 2. The molecule has 8 nitrogen and oxygen atoms in total. The Hall–Kier alpha value is -3.48. The molecular formula is C28H31N5O3S. The first-order valence-corrected chi connectivity index (χ1v) is 13.6. The number of hydrogen-bond donors (Lipinski definition) is 2. The molecule has 37 heavy (non-hydrogen) atoms. The van der Waals surface area contributed by atoms with Gasteiger partial charge in [-0.15, -0.1) is 10.2 Å². The second-order valence-corrected chi connectivity index (χ2v) is 10.9. The number of likely N-dealkylation sites (tertiary alicyclic amines) is 1. The Balaban J connectivity index is 1.31. The van der Waals surface area contributed by atoms with Crippen LogP contribution in [0.2, 0.25) is 0 Å². The van der Waals surface area contributed by atoms with Crippen molar-refractivity contribution in [3.8, 4) is 33.0 Å². The van der Waals surface area contributed by atoms with E-state index in [9.17, 15) is 15.2 Å². The number of hydrogen-bond acceptors (Lipinski definition) is 7. The van der Waals surface area contributed by atoms with Crippen LogP contribution in [0.1, 0.15) is 55.7 Å². The molecule has 2 unspecified atom stereocenters. The molecule has 1 saturated heterocycles. The monoisotopic (exact) mass is 517 g/mol. The second-order valence-electron chi connectivity index (χ2n) is 9.94. The van der Waals surface area contributed by atoms with E-state index in [1.807, 2.05) is 32.0 Å². The Bertz CT molecular complexity index is 1330. The Morgan fingerprint density at radius 3 is 2.89 bits per heavy atom. The first-order valence-electron chi connectivity index (χ1n) is 12.8. The first-order chi connectivity index (χ1) is 17.9. The highest BCUT2D eigenvalue weighted by Crippen LogP contribution is 2.41. The fourth-order valence-electron chi connectivity index (χ4n) is 5.17. The molecule has 2 aromatic carbocycles. The molecule has 2 heterocycles. The number of urea groups is 1. The number of aliphatic hydroxyl groups excluding tert-OH is 1. The summed E-state index contributed by atoms with van der Waals surface area (Å²) in [4.78, 5) is 14.3. The van der Waals surface area contributed by atoms with Crippen molar-refractivity contribution in [3.63, 3.8) is 0 Å². The van der Waals surface area contributed by atoms with Crippen LogP contribution in [-0.4, -0.2) is 58.1 Å². The summed E-state index contributed by atoms with van der Waals surface area (Å²) < 4.78 is 5.74. The van der Waals surface area contributed by atoms with Gasteiger partial charge in [0.2, 0.25) is 0 Å². The van der Waals surface area contributed by atoms with E-state index < -0.39 is 6.10 Å². The van der Waals surface area contributed by atoms with E-state index in [1.165, 1.54) is 22.5 Å². The number of nitrogens with zero attached hydrogens (tertiary/aromatic N) is 4. The van der Waals surface area contributed by atoms with Gasteiger partial charge < -0.3 is 20.1 Å². The van der Waals surface area contributed by atoms with Gasteiger partial charge in [0.1, 0.15) is 21.8 Å². The van der Waals surface area contributed by atoms with Gasteiger partial charge in [-0.05, 0) is 68.9 Å². The average molecular weight is 518 g/mol. The predicted molar refractivity (Wildman–Crippen MR) is 143 cm³/mol. The molecule has 1 aliphatic carbocycles. The molecule has 1 aromatic heterocycles. The number of ether oxygens (including phenoxy) is 1. The van der Waals surface area contributed by atoms with Crippen LogP contribution < -0.4 is 10.1 Å². The highest BCUT2D eigenvalue weighted by molar-refractivity contribution is 7.17. The highest BCUT2D eigenvalue weighted by Gasteiger charge is 2.28. The molecule has 3 aromatic rings. The highest BCUT2D eigenvalue weighted by atomic mass is 32.1. The van der Waals surface area contributed by atoms with Gasteiger partial charge in [-0.3, -0.25) is 0 Å². The maximum atomic E-state index is 12.6. The summed E-state index contributed by atoms with van der Waals surface area (Å²) in [6, 6.07) is 13.9. The van der Waals surface area contributed by atoms with Gasteiger partial charge in [-0.2, -0.15) is 5.26 Å². The molecule has 5 rings (SSSR count). The van der Waals surface area contributed by atoms with Crippen LogP contribution in [0, 0.1) is 11.3 Å². The van der Waals surface area contributed by atoms with Crippen LogP contribution in [0.4, 0.5) is 4.79 Å². The van der Waals surface area contributed by atoms with E-state index in [4.69, 9.17) is 4.74 Å². The largest absolute Gasteiger partial charge is 0.490 e. The van der Waals surface area contributed by atoms with E-state index in [1.54, 1.807) is 11.0 Å². The third-order valence-electron chi connectivity index (χ3n) is 6.94. The van der Waals surface area contributed by atoms with E-state index in [2.05, 4.69) is 33.7 Å². The summed E-state index contributed by atoms with van der Waals surface area (Å²) in [6.45, 7) is 5.54. The van der Waals surface area contributed by atoms with Crippen molar-refractivity contribution >= 4 is 17.4 Å². The van der Waals surface area contributed by atoms with Crippen LogP contribution in [0.3, 0.4) is 0 Å². The Morgan fingerprint density at radius 1 is 1.27 bits per heavy atom. The minimum Gasteiger partial charge on any atom is -0.490 e. The maximum absolute atomic E-state index is 12.6. The van der Waals surface area contributed by atoms with E-state index in [-0.39, 0.29) is 18.1 Å². The summed E-state index contributed by atoms with van der Waals surface area (Å²) in [6.07, 6.45) is 3.03. The number of amides is 2. The van der Waals surface area contributed by atoms with Crippen LogP contribution >= 0.6 is 11.3 Å². The molecule has 9 heteroatoms. The Labute approximate surface area is 220 Å². The second kappa shape index (κ2) is 10.9. The molecule has 1 fully saturated rings. The van der Waals surface area contributed by atoms with Crippen molar-refractivity contribution in [2.75, 3.05) is 19.6 Å². The van der Waals surface area contributed by atoms with Gasteiger partial charge in [-0.1, -0.05) is 29.5 Å². The van der Waals surface area contributed by atoms with E-state index in [0.29, 0.717) is 30.9 Å². The molecular weight excluding hydrogens is 486 g/mol. The lowest BCUT2D eigenvalue weighted by Gasteiger charge is -2.30. The maximum Gasteiger partial charge on any atom is 0.317 e. The van der Waals surface area contributed by atoms with Crippen molar-refractivity contribution in [1.29, 1.82) is 5.26 Å². The Kier molecular flexibility index (Phi) is 7.40. The number of nitrogens with one attached hydrogen (secondary N) is 1. The molecule has 192 valence electrons. The number of rotatable bonds is 6. The predicted octanol–water partition coefficient (Wildman–Crippen LogP) is 4.73. The molecule has 2 amide bonds. The fourth-order valence-corrected chi connectivity index (χ4v) is 6.06. The van der Waals surface area contributed by atoms with Crippen LogP contribution in [0.15, 0.2) is 36.4 Å². The number of carbonyl (C=O) groups excluding carboxylic acids is 1. The standard InChI is InChI=1S/C28H31N5O3S/c1-17(2)36-25-11-9-18(13-20(25)14-29)26-31-32-27(37-26)24-7-3-6-22-19(8-10-23(22)24)15-30-28(35)33-12-4-5-21(34)16-33/h3,6-7,9,11,13,17,19,21,34H,4-5,8,10,12,15-16H2,1-2H3,(H,30,35). The molecule has 2 N–H and O–H groups in total. The third kappa shape index (κ3) is 5.45. The minimum atomic E-state index is -0.427. The van der Waals surface area contributed by atoms with E-state index in [0.717, 1.165) is 46.8 Å². The van der Waals surface area contributed by atoms with Crippen LogP contribution in [0.5, 0.6) is 5.75 Å². The topological polar surface area (TPSA) is 111 Å². The lowest BCUT2D eigenvalue weighted by molar-refractivity contribution is 0.0842. The molecule has 1 aliphatic heterocycles. The number of nitriles is 1. The SMILES string of the molecule is CC(C)Oc1ccc(-c2nnc(-c3cccc4c3CCC4CNC(=O)N3CCCC(O)C3)s2)cc1C#N. The summed E-state index contributed by atoms with van der Waals surface area (Å²) in [5, 5.41) is 33.0. The zero-order valence-corrected chi connectivity index (χ0v) is 21.9. The van der Waals surface area contributed by atoms with Gasteiger partial charge in [0.25, 0.3) is 0 Å². The summed E-state index contributed by atoms with van der Waals surface area (Å²) in [5.41, 5.74) is 4.90. The van der Waals surface area contributed by atoms with Crippen molar-refractivity contribution in [1.82, 2.24) is 20.4 Å². The van der Waals surface area contributed by atoms with E-state index >= 15 is 0 Å². The van der Waals surface area contributed by atoms with Gasteiger partial charge in [0, 0.05) is 36.7 Å². The van der Waals surface area contributed by atoms with Crippen molar-refractivity contribution < 1.29 is 14.6 Å². The number of aromatic nitrogens is 2. The van der Waals surface area contributed by atoms with Gasteiger partial charge in [-0.25, -0.2) is 4.79 Å². The smallest absolute Gasteiger partial charge is 0.317 e. The third-order valence-corrected chi connectivity index (χ3v) is 7.95. The molecule has 0 saturated carbocycles. The molecule has 2 aliphatic rings. The number of aliphatic hydroxyl groups is 1. The van der Waals surface area contributed by atoms with Gasteiger partial charge in [0.15, 0.2) is 0 Å². The minimum absolute atomic E-state index is 0.0129. The van der Waals surface area contributed by atoms with Crippen molar-refractivity contribution in [3.05, 3.63) is 53.1 Å². The van der Waals surface area contributed by atoms with Gasteiger partial charge >= 0.3 is 6.03 Å². The van der Waals surface area contributed by atoms with Crippen molar-refractivity contribution in [2.45, 2.75) is 57.7 Å². The number of piperidine rings is 1. The summed E-state index contributed by atoms with van der Waals surface area (Å²) in [7, 11) is 0. The zero-order valence-electron chi connectivity index (χ0n) is 21.1. The molecule has 0 radical (unpaired) electrons. The number of fused-ring (bicyclic) bond motifs is 1. The lowest BCUT2D eigenvalue weighted by atomic mass is 9.98. The first kappa shape index (κ1) is 25.2. The average Bonchev–Trinajstić information content (AvgIpc) is 3.55. The molecule has 0 bridgehead atoms. The van der Waals surface area contributed by atoms with Crippen LogP contribution in [-0.2, 0) is 6.42 Å². The molecule has 0 spiro atoms. The normalized spacial score (nSPS) is 18.9. The zero-order chi connectivity index (χ0) is 25.9. The number of β-amino-alcohol motifs (C(OH)–C–C–N with tert-alkyl or cyclic N) is 1. The van der Waals surface area contributed by atoms with Crippen molar-refractivity contribution in [2.24, 2.45) is 0 Å². The quantitative estimate of drug-likeness (QED) is 0.489. The Morgan fingerprint density at radius 2 is 2.11 bits per heavy atom. The fraction of sp³-hybridized carbons (Fsp3) is 0.429. The van der Waals surface area contributed by atoms with Gasteiger partial charge in [0.05, 0.1) is 17.8 Å². The summed E-state index contributed by atoms with van der Waals surface area (Å²) >= 11 is 1.51. The summed E-state index contributed by atoms with van der Waals surface area (Å²) in [5.74, 6) is 0.814.